The van der Waals surface area contributed by atoms with E-state index in [9.17, 15) is 18.3 Å². The molecule has 0 bridgehead atoms. The van der Waals surface area contributed by atoms with E-state index in [1.165, 1.54) is 12.1 Å². The van der Waals surface area contributed by atoms with Crippen LogP contribution in [0.4, 0.5) is 0 Å². The molecule has 0 unspecified atom stereocenters. The summed E-state index contributed by atoms with van der Waals surface area (Å²) >= 11 is 0. The molecule has 0 aliphatic carbocycles. The Kier molecular flexibility index (Phi) is 3.99. The molecule has 0 spiro atoms. The molecule has 0 saturated carbocycles. The zero-order valence-electron chi connectivity index (χ0n) is 12.2. The van der Waals surface area contributed by atoms with Gasteiger partial charge in [-0.3, -0.25) is 4.79 Å². The molecule has 21 heavy (non-hydrogen) atoms. The van der Waals surface area contributed by atoms with Gasteiger partial charge in [0, 0.05) is 6.42 Å². The normalized spacial score (nSPS) is 16.1. The highest BCUT2D eigenvalue weighted by molar-refractivity contribution is 7.89. The van der Waals surface area contributed by atoms with Crippen molar-refractivity contribution in [3.63, 3.8) is 0 Å². The summed E-state index contributed by atoms with van der Waals surface area (Å²) in [5, 5.41) is 9.23. The second-order valence-electron chi connectivity index (χ2n) is 6.13. The number of fused-ring (bicyclic) bond motifs is 1. The lowest BCUT2D eigenvalue weighted by atomic mass is 9.88. The fraction of sp³-hybridized carbons (Fsp3) is 0.500. The smallest absolute Gasteiger partial charge is 0.322 e. The fourth-order valence-corrected chi connectivity index (χ4v) is 3.60. The van der Waals surface area contributed by atoms with E-state index in [4.69, 9.17) is 4.74 Å². The van der Waals surface area contributed by atoms with Crippen LogP contribution in [0.3, 0.4) is 0 Å². The van der Waals surface area contributed by atoms with E-state index in [-0.39, 0.29) is 4.90 Å². The first-order valence-electron chi connectivity index (χ1n) is 6.62. The summed E-state index contributed by atoms with van der Waals surface area (Å²) in [6.45, 7) is 5.55. The van der Waals surface area contributed by atoms with Gasteiger partial charge in [-0.15, -0.1) is 0 Å². The third-order valence-corrected chi connectivity index (χ3v) is 4.78. The standard InChI is InChI=1S/C14H19NO5S/c1-14(2,3)12(13(16)17)15-21(18,19)10-4-5-11-9(8-10)6-7-20-11/h4-5,8,12,15H,6-7H2,1-3H3,(H,16,17)/t12-/m0/s1. The lowest BCUT2D eigenvalue weighted by Crippen LogP contribution is -2.48. The number of hydrogen-bond donors (Lipinski definition) is 2. The van der Waals surface area contributed by atoms with Crippen molar-refractivity contribution < 1.29 is 23.1 Å². The van der Waals surface area contributed by atoms with Gasteiger partial charge < -0.3 is 9.84 Å². The molecule has 0 amide bonds. The van der Waals surface area contributed by atoms with Crippen LogP contribution in [0.25, 0.3) is 0 Å². The van der Waals surface area contributed by atoms with E-state index in [2.05, 4.69) is 4.72 Å². The number of nitrogens with one attached hydrogen (secondary N) is 1. The Hall–Kier alpha value is -1.60. The maximum absolute atomic E-state index is 12.4. The van der Waals surface area contributed by atoms with E-state index in [0.717, 1.165) is 5.56 Å². The van der Waals surface area contributed by atoms with Crippen LogP contribution in [0, 0.1) is 5.41 Å². The maximum Gasteiger partial charge on any atom is 0.322 e. The average molecular weight is 313 g/mol. The average Bonchev–Trinajstić information content (AvgIpc) is 2.81. The van der Waals surface area contributed by atoms with Gasteiger partial charge >= 0.3 is 5.97 Å². The topological polar surface area (TPSA) is 92.7 Å². The first kappa shape index (κ1) is 15.8. The molecular formula is C14H19NO5S. The summed E-state index contributed by atoms with van der Waals surface area (Å²) in [5.41, 5.74) is 0.0826. The van der Waals surface area contributed by atoms with Gasteiger partial charge in [0.2, 0.25) is 10.0 Å². The van der Waals surface area contributed by atoms with Gasteiger partial charge in [-0.1, -0.05) is 20.8 Å². The Morgan fingerprint density at radius 1 is 1.38 bits per heavy atom. The Bertz CT molecular complexity index is 660. The van der Waals surface area contributed by atoms with Gasteiger partial charge in [0.25, 0.3) is 0 Å². The zero-order valence-corrected chi connectivity index (χ0v) is 13.0. The summed E-state index contributed by atoms with van der Waals surface area (Å²) < 4.78 is 32.4. The number of aliphatic carboxylic acids is 1. The van der Waals surface area contributed by atoms with Crippen molar-refractivity contribution in [3.05, 3.63) is 23.8 Å². The molecular weight excluding hydrogens is 294 g/mol. The van der Waals surface area contributed by atoms with Crippen LogP contribution in [0.1, 0.15) is 26.3 Å². The molecule has 0 saturated heterocycles. The second kappa shape index (κ2) is 5.31. The number of benzene rings is 1. The third kappa shape index (κ3) is 3.36. The van der Waals surface area contributed by atoms with E-state index in [1.54, 1.807) is 26.8 Å². The minimum absolute atomic E-state index is 0.0576. The number of carbonyl (C=O) groups is 1. The Morgan fingerprint density at radius 2 is 2.05 bits per heavy atom. The number of ether oxygens (including phenoxy) is 1. The van der Waals surface area contributed by atoms with Crippen molar-refractivity contribution in [2.45, 2.75) is 38.1 Å². The molecule has 1 aromatic rings. The molecule has 1 aromatic carbocycles. The number of carboxylic acid groups (broad SMARTS) is 1. The lowest BCUT2D eigenvalue weighted by molar-refractivity contribution is -0.141. The first-order chi connectivity index (χ1) is 9.61. The molecule has 0 radical (unpaired) electrons. The van der Waals surface area contributed by atoms with Gasteiger partial charge in [-0.25, -0.2) is 8.42 Å². The third-order valence-electron chi connectivity index (χ3n) is 3.36. The van der Waals surface area contributed by atoms with Crippen molar-refractivity contribution in [1.29, 1.82) is 0 Å². The van der Waals surface area contributed by atoms with Gasteiger partial charge in [-0.2, -0.15) is 4.72 Å². The summed E-state index contributed by atoms with van der Waals surface area (Å²) in [4.78, 5) is 11.4. The molecule has 7 heteroatoms. The fourth-order valence-electron chi connectivity index (χ4n) is 2.15. The minimum atomic E-state index is -3.90. The predicted octanol–water partition coefficient (Wildman–Crippen LogP) is 1.40. The molecule has 6 nitrogen and oxygen atoms in total. The molecule has 1 aliphatic heterocycles. The minimum Gasteiger partial charge on any atom is -0.493 e. The highest BCUT2D eigenvalue weighted by atomic mass is 32.2. The summed E-state index contributed by atoms with van der Waals surface area (Å²) in [6.07, 6.45) is 0.653. The van der Waals surface area contributed by atoms with Gasteiger partial charge in [-0.05, 0) is 29.2 Å². The molecule has 0 aromatic heterocycles. The summed E-state index contributed by atoms with van der Waals surface area (Å²) in [6, 6.07) is 3.36. The summed E-state index contributed by atoms with van der Waals surface area (Å²) in [7, 11) is -3.90. The Balaban J connectivity index is 2.32. The maximum atomic E-state index is 12.4. The van der Waals surface area contributed by atoms with Gasteiger partial charge in [0.1, 0.15) is 11.8 Å². The molecule has 1 aliphatic rings. The molecule has 1 heterocycles. The van der Waals surface area contributed by atoms with Crippen molar-refractivity contribution in [2.24, 2.45) is 5.41 Å². The molecule has 2 N–H and O–H groups in total. The Morgan fingerprint density at radius 3 is 2.62 bits per heavy atom. The van der Waals surface area contributed by atoms with Gasteiger partial charge in [0.05, 0.1) is 11.5 Å². The molecule has 0 fully saturated rings. The predicted molar refractivity (Wildman–Crippen MR) is 76.8 cm³/mol. The largest absolute Gasteiger partial charge is 0.493 e. The SMILES string of the molecule is CC(C)(C)[C@@H](NS(=O)(=O)c1ccc2c(c1)CCO2)C(=O)O. The van der Waals surface area contributed by atoms with Crippen molar-refractivity contribution in [2.75, 3.05) is 6.61 Å². The van der Waals surface area contributed by atoms with Gasteiger partial charge in [0.15, 0.2) is 0 Å². The van der Waals surface area contributed by atoms with Crippen molar-refractivity contribution >= 4 is 16.0 Å². The zero-order chi connectivity index (χ0) is 15.8. The monoisotopic (exact) mass is 313 g/mol. The lowest BCUT2D eigenvalue weighted by Gasteiger charge is -2.27. The molecule has 116 valence electrons. The van der Waals surface area contributed by atoms with Crippen LogP contribution in [-0.4, -0.2) is 32.1 Å². The highest BCUT2D eigenvalue weighted by Gasteiger charge is 2.35. The number of rotatable bonds is 4. The highest BCUT2D eigenvalue weighted by Crippen LogP contribution is 2.28. The van der Waals surface area contributed by atoms with Crippen LogP contribution in [0.2, 0.25) is 0 Å². The molecule has 2 rings (SSSR count). The quantitative estimate of drug-likeness (QED) is 0.876. The van der Waals surface area contributed by atoms with E-state index in [1.807, 2.05) is 0 Å². The summed E-state index contributed by atoms with van der Waals surface area (Å²) in [5.74, 6) is -0.518. The van der Waals surface area contributed by atoms with Crippen LogP contribution >= 0.6 is 0 Å². The Labute approximate surface area is 124 Å². The first-order valence-corrected chi connectivity index (χ1v) is 8.10. The van der Waals surface area contributed by atoms with E-state index >= 15 is 0 Å². The molecule has 1 atom stereocenters. The van der Waals surface area contributed by atoms with Crippen molar-refractivity contribution in [3.8, 4) is 5.75 Å². The van der Waals surface area contributed by atoms with Crippen LogP contribution in [0.5, 0.6) is 5.75 Å². The number of carboxylic acids is 1. The van der Waals surface area contributed by atoms with E-state index < -0.39 is 27.4 Å². The van der Waals surface area contributed by atoms with Crippen LogP contribution in [0.15, 0.2) is 23.1 Å². The number of sulfonamides is 1. The van der Waals surface area contributed by atoms with Crippen molar-refractivity contribution in [1.82, 2.24) is 4.72 Å². The van der Waals surface area contributed by atoms with Crippen LogP contribution in [-0.2, 0) is 21.2 Å². The second-order valence-corrected chi connectivity index (χ2v) is 7.84. The van der Waals surface area contributed by atoms with E-state index in [0.29, 0.717) is 18.8 Å². The number of hydrogen-bond acceptors (Lipinski definition) is 4. The van der Waals surface area contributed by atoms with Crippen LogP contribution < -0.4 is 9.46 Å².